The van der Waals surface area contributed by atoms with Crippen LogP contribution in [0.25, 0.3) is 11.3 Å². The molecule has 0 radical (unpaired) electrons. The minimum atomic E-state index is -4.40. The number of nitrogens with zero attached hydrogens (tertiary/aromatic N) is 3. The molecule has 0 unspecified atom stereocenters. The Kier molecular flexibility index (Phi) is 6.53. The van der Waals surface area contributed by atoms with Crippen LogP contribution in [0.4, 0.5) is 13.2 Å². The van der Waals surface area contributed by atoms with Crippen molar-refractivity contribution in [1.29, 1.82) is 0 Å². The molecule has 2 heterocycles. The average Bonchev–Trinajstić information content (AvgIpc) is 2.84. The quantitative estimate of drug-likeness (QED) is 0.403. The van der Waals surface area contributed by atoms with Crippen molar-refractivity contribution in [1.82, 2.24) is 20.3 Å². The Hall–Kier alpha value is -4.27. The minimum Gasteiger partial charge on any atom is -0.438 e. The van der Waals surface area contributed by atoms with E-state index in [1.165, 1.54) is 18.5 Å². The van der Waals surface area contributed by atoms with Crippen molar-refractivity contribution in [2.24, 2.45) is 0 Å². The van der Waals surface area contributed by atoms with Crippen molar-refractivity contribution in [3.05, 3.63) is 102 Å². The van der Waals surface area contributed by atoms with Gasteiger partial charge in [0.05, 0.1) is 16.8 Å². The molecule has 1 amide bonds. The van der Waals surface area contributed by atoms with Crippen molar-refractivity contribution in [2.75, 3.05) is 0 Å². The summed E-state index contributed by atoms with van der Waals surface area (Å²) in [5.41, 5.74) is 2.25. The zero-order chi connectivity index (χ0) is 24.1. The lowest BCUT2D eigenvalue weighted by Crippen LogP contribution is -2.22. The highest BCUT2D eigenvalue weighted by Crippen LogP contribution is 2.32. The molecule has 0 saturated heterocycles. The number of alkyl halides is 3. The number of nitrogens with one attached hydrogen (secondary N) is 1. The van der Waals surface area contributed by atoms with Crippen molar-refractivity contribution in [3.63, 3.8) is 0 Å². The summed E-state index contributed by atoms with van der Waals surface area (Å²) in [5.74, 6) is 0.379. The van der Waals surface area contributed by atoms with Crippen LogP contribution in [-0.4, -0.2) is 20.9 Å². The van der Waals surface area contributed by atoms with E-state index in [1.54, 1.807) is 42.7 Å². The summed E-state index contributed by atoms with van der Waals surface area (Å²) in [6.07, 6.45) is 0.238. The van der Waals surface area contributed by atoms with Crippen molar-refractivity contribution >= 4 is 5.91 Å². The van der Waals surface area contributed by atoms with Gasteiger partial charge in [-0.05, 0) is 60.5 Å². The Morgan fingerprint density at radius 1 is 1.00 bits per heavy atom. The molecule has 172 valence electrons. The van der Waals surface area contributed by atoms with Crippen LogP contribution in [0.3, 0.4) is 0 Å². The molecule has 0 spiro atoms. The van der Waals surface area contributed by atoms with Crippen LogP contribution in [0.15, 0.2) is 79.4 Å². The molecule has 4 aromatic rings. The van der Waals surface area contributed by atoms with Gasteiger partial charge in [0.25, 0.3) is 5.91 Å². The highest BCUT2D eigenvalue weighted by molar-refractivity contribution is 5.94. The molecule has 0 aliphatic heterocycles. The Balaban J connectivity index is 1.49. The molecule has 9 heteroatoms. The number of pyridine rings is 1. The van der Waals surface area contributed by atoms with Crippen LogP contribution >= 0.6 is 0 Å². The molecule has 1 N–H and O–H groups in total. The fraction of sp³-hybridized carbons (Fsp3) is 0.120. The van der Waals surface area contributed by atoms with E-state index in [1.807, 2.05) is 13.0 Å². The van der Waals surface area contributed by atoms with Crippen molar-refractivity contribution in [2.45, 2.75) is 19.6 Å². The van der Waals surface area contributed by atoms with Gasteiger partial charge in [0.15, 0.2) is 0 Å². The van der Waals surface area contributed by atoms with Crippen LogP contribution in [-0.2, 0) is 12.7 Å². The molecule has 2 aromatic carbocycles. The van der Waals surface area contributed by atoms with Crippen LogP contribution in [0.2, 0.25) is 0 Å². The van der Waals surface area contributed by atoms with Crippen LogP contribution < -0.4 is 10.1 Å². The maximum absolute atomic E-state index is 12.7. The number of carbonyl (C=O) groups is 1. The molecule has 0 saturated carbocycles. The van der Waals surface area contributed by atoms with E-state index in [9.17, 15) is 18.0 Å². The lowest BCUT2D eigenvalue weighted by molar-refractivity contribution is -0.137. The number of ether oxygens (including phenoxy) is 1. The summed E-state index contributed by atoms with van der Waals surface area (Å²) in [6.45, 7) is 1.92. The van der Waals surface area contributed by atoms with Gasteiger partial charge in [-0.15, -0.1) is 0 Å². The molecule has 0 atom stereocenters. The zero-order valence-corrected chi connectivity index (χ0v) is 18.0. The van der Waals surface area contributed by atoms with Gasteiger partial charge in [-0.25, -0.2) is 15.0 Å². The minimum absolute atomic E-state index is 0.0825. The number of amides is 1. The summed E-state index contributed by atoms with van der Waals surface area (Å²) in [7, 11) is 0. The predicted molar refractivity (Wildman–Crippen MR) is 119 cm³/mol. The summed E-state index contributed by atoms with van der Waals surface area (Å²) >= 11 is 0. The fourth-order valence-electron chi connectivity index (χ4n) is 3.17. The van der Waals surface area contributed by atoms with E-state index in [4.69, 9.17) is 4.74 Å². The molecule has 0 aliphatic carbocycles. The maximum Gasteiger partial charge on any atom is 0.416 e. The summed E-state index contributed by atoms with van der Waals surface area (Å²) in [6, 6.07) is 15.0. The van der Waals surface area contributed by atoms with Gasteiger partial charge in [0, 0.05) is 24.5 Å². The SMILES string of the molecule is Cc1ccc(C(=O)NCc2ccc(C(F)(F)F)cc2)cc1Oc1ncccc1-c1ccncn1. The lowest BCUT2D eigenvalue weighted by atomic mass is 10.1. The molecule has 2 aromatic heterocycles. The Labute approximate surface area is 193 Å². The molecular weight excluding hydrogens is 445 g/mol. The Morgan fingerprint density at radius 2 is 1.79 bits per heavy atom. The smallest absolute Gasteiger partial charge is 0.416 e. The van der Waals surface area contributed by atoms with Crippen molar-refractivity contribution < 1.29 is 22.7 Å². The average molecular weight is 464 g/mol. The van der Waals surface area contributed by atoms with E-state index in [0.29, 0.717) is 34.0 Å². The lowest BCUT2D eigenvalue weighted by Gasteiger charge is -2.13. The number of aryl methyl sites for hydroxylation is 1. The van der Waals surface area contributed by atoms with E-state index in [2.05, 4.69) is 20.3 Å². The Bertz CT molecular complexity index is 1290. The van der Waals surface area contributed by atoms with Crippen LogP contribution in [0, 0.1) is 6.92 Å². The van der Waals surface area contributed by atoms with Crippen LogP contribution in [0.5, 0.6) is 11.6 Å². The largest absolute Gasteiger partial charge is 0.438 e. The third kappa shape index (κ3) is 5.37. The molecule has 0 aliphatic rings. The number of benzene rings is 2. The topological polar surface area (TPSA) is 77.0 Å². The molecule has 4 rings (SSSR count). The van der Waals surface area contributed by atoms with Gasteiger partial charge < -0.3 is 10.1 Å². The summed E-state index contributed by atoms with van der Waals surface area (Å²) in [4.78, 5) is 25.1. The predicted octanol–water partition coefficient (Wildman–Crippen LogP) is 5.59. The molecular formula is C25H19F3N4O2. The fourth-order valence-corrected chi connectivity index (χ4v) is 3.17. The first-order chi connectivity index (χ1) is 16.3. The highest BCUT2D eigenvalue weighted by atomic mass is 19.4. The summed E-state index contributed by atoms with van der Waals surface area (Å²) < 4.78 is 44.2. The van der Waals surface area contributed by atoms with E-state index < -0.39 is 11.7 Å². The van der Waals surface area contributed by atoms with Gasteiger partial charge >= 0.3 is 6.18 Å². The van der Waals surface area contributed by atoms with E-state index >= 15 is 0 Å². The first kappa shape index (κ1) is 22.9. The van der Waals surface area contributed by atoms with Crippen LogP contribution in [0.1, 0.15) is 27.0 Å². The maximum atomic E-state index is 12.7. The normalized spacial score (nSPS) is 11.2. The number of halogens is 3. The van der Waals surface area contributed by atoms with Gasteiger partial charge in [0.1, 0.15) is 12.1 Å². The second-order valence-electron chi connectivity index (χ2n) is 7.41. The number of hydrogen-bond acceptors (Lipinski definition) is 5. The zero-order valence-electron chi connectivity index (χ0n) is 18.0. The van der Waals surface area contributed by atoms with Gasteiger partial charge in [-0.3, -0.25) is 4.79 Å². The standard InChI is InChI=1S/C25H19F3N4O2/c1-16-4-7-18(23(33)31-14-17-5-8-19(9-6-17)25(26,27)28)13-22(16)34-24-20(3-2-11-30-24)21-10-12-29-15-32-21/h2-13,15H,14H2,1H3,(H,31,33). The number of carbonyl (C=O) groups excluding carboxylic acids is 1. The Morgan fingerprint density at radius 3 is 2.50 bits per heavy atom. The van der Waals surface area contributed by atoms with Crippen molar-refractivity contribution in [3.8, 4) is 22.9 Å². The molecule has 6 nitrogen and oxygen atoms in total. The molecule has 0 bridgehead atoms. The first-order valence-corrected chi connectivity index (χ1v) is 10.3. The van der Waals surface area contributed by atoms with Gasteiger partial charge in [-0.2, -0.15) is 13.2 Å². The number of hydrogen-bond donors (Lipinski definition) is 1. The van der Waals surface area contributed by atoms with Gasteiger partial charge in [-0.1, -0.05) is 18.2 Å². The third-order valence-electron chi connectivity index (χ3n) is 5.02. The highest BCUT2D eigenvalue weighted by Gasteiger charge is 2.29. The third-order valence-corrected chi connectivity index (χ3v) is 5.02. The van der Waals surface area contributed by atoms with E-state index in [0.717, 1.165) is 17.7 Å². The first-order valence-electron chi connectivity index (χ1n) is 10.3. The molecule has 34 heavy (non-hydrogen) atoms. The van der Waals surface area contributed by atoms with E-state index in [-0.39, 0.29) is 12.5 Å². The molecule has 0 fully saturated rings. The second-order valence-corrected chi connectivity index (χ2v) is 7.41. The number of aromatic nitrogens is 3. The van der Waals surface area contributed by atoms with Gasteiger partial charge in [0.2, 0.25) is 5.88 Å². The summed E-state index contributed by atoms with van der Waals surface area (Å²) in [5, 5.41) is 2.71. The number of rotatable bonds is 6. The monoisotopic (exact) mass is 464 g/mol. The second kappa shape index (κ2) is 9.70.